The fourth-order valence-corrected chi connectivity index (χ4v) is 1.57. The summed E-state index contributed by atoms with van der Waals surface area (Å²) < 4.78 is 5.64. The Morgan fingerprint density at radius 1 is 1.22 bits per heavy atom. The molecule has 0 aliphatic rings. The summed E-state index contributed by atoms with van der Waals surface area (Å²) >= 11 is 0. The molecule has 0 aliphatic carbocycles. The minimum Gasteiger partial charge on any atom is -0.455 e. The molecular weight excluding hydrogens is 228 g/mol. The SMILES string of the molecule is Cc1ccc(Oc2cnccc2C(N)=O)cc1C. The van der Waals surface area contributed by atoms with Crippen molar-refractivity contribution in [3.8, 4) is 11.5 Å². The van der Waals surface area contributed by atoms with E-state index in [0.29, 0.717) is 17.1 Å². The summed E-state index contributed by atoms with van der Waals surface area (Å²) in [7, 11) is 0. The number of hydrogen-bond donors (Lipinski definition) is 1. The van der Waals surface area contributed by atoms with Gasteiger partial charge in [-0.25, -0.2) is 0 Å². The molecule has 2 aromatic rings. The van der Waals surface area contributed by atoms with Crippen molar-refractivity contribution in [2.75, 3.05) is 0 Å². The topological polar surface area (TPSA) is 65.2 Å². The zero-order valence-electron chi connectivity index (χ0n) is 10.3. The summed E-state index contributed by atoms with van der Waals surface area (Å²) in [5.74, 6) is 0.498. The highest BCUT2D eigenvalue weighted by atomic mass is 16.5. The molecule has 4 heteroatoms. The minimum absolute atomic E-state index is 0.322. The number of amides is 1. The minimum atomic E-state index is -0.531. The van der Waals surface area contributed by atoms with E-state index in [4.69, 9.17) is 10.5 Å². The second-order valence-corrected chi connectivity index (χ2v) is 4.08. The summed E-state index contributed by atoms with van der Waals surface area (Å²) in [5.41, 5.74) is 7.90. The number of rotatable bonds is 3. The van der Waals surface area contributed by atoms with E-state index in [-0.39, 0.29) is 0 Å². The summed E-state index contributed by atoms with van der Waals surface area (Å²) in [6, 6.07) is 7.26. The van der Waals surface area contributed by atoms with Gasteiger partial charge in [-0.2, -0.15) is 0 Å². The predicted octanol–water partition coefficient (Wildman–Crippen LogP) is 2.59. The van der Waals surface area contributed by atoms with Crippen LogP contribution in [0.15, 0.2) is 36.7 Å². The standard InChI is InChI=1S/C14H14N2O2/c1-9-3-4-11(7-10(9)2)18-13-8-16-6-5-12(13)14(15)17/h3-8H,1-2H3,(H2,15,17). The number of primary amides is 1. The number of aryl methyl sites for hydroxylation is 2. The molecule has 0 atom stereocenters. The van der Waals surface area contributed by atoms with Crippen LogP contribution in [0.4, 0.5) is 0 Å². The van der Waals surface area contributed by atoms with Crippen LogP contribution in [0.25, 0.3) is 0 Å². The van der Waals surface area contributed by atoms with E-state index in [1.807, 2.05) is 32.0 Å². The molecule has 2 rings (SSSR count). The van der Waals surface area contributed by atoms with E-state index in [0.717, 1.165) is 5.56 Å². The van der Waals surface area contributed by atoms with Gasteiger partial charge >= 0.3 is 0 Å². The first kappa shape index (κ1) is 12.1. The van der Waals surface area contributed by atoms with Gasteiger partial charge in [-0.3, -0.25) is 9.78 Å². The fourth-order valence-electron chi connectivity index (χ4n) is 1.57. The number of ether oxygens (including phenoxy) is 1. The molecule has 4 nitrogen and oxygen atoms in total. The molecule has 0 saturated carbocycles. The first-order valence-corrected chi connectivity index (χ1v) is 5.57. The zero-order chi connectivity index (χ0) is 13.1. The molecule has 18 heavy (non-hydrogen) atoms. The van der Waals surface area contributed by atoms with Crippen LogP contribution in [0.5, 0.6) is 11.5 Å². The monoisotopic (exact) mass is 242 g/mol. The highest BCUT2D eigenvalue weighted by Crippen LogP contribution is 2.25. The number of nitrogens with two attached hydrogens (primary N) is 1. The summed E-state index contributed by atoms with van der Waals surface area (Å²) in [6.45, 7) is 4.03. The predicted molar refractivity (Wildman–Crippen MR) is 68.7 cm³/mol. The van der Waals surface area contributed by atoms with Crippen LogP contribution in [-0.4, -0.2) is 10.9 Å². The molecule has 0 bridgehead atoms. The maximum absolute atomic E-state index is 11.2. The van der Waals surface area contributed by atoms with E-state index in [1.54, 1.807) is 6.07 Å². The molecule has 1 heterocycles. The van der Waals surface area contributed by atoms with Gasteiger partial charge in [-0.1, -0.05) is 6.07 Å². The number of benzene rings is 1. The lowest BCUT2D eigenvalue weighted by molar-refractivity contribution is 0.0998. The molecule has 0 spiro atoms. The number of aromatic nitrogens is 1. The van der Waals surface area contributed by atoms with Crippen LogP contribution < -0.4 is 10.5 Å². The largest absolute Gasteiger partial charge is 0.455 e. The molecule has 2 N–H and O–H groups in total. The fraction of sp³-hybridized carbons (Fsp3) is 0.143. The Labute approximate surface area is 105 Å². The first-order chi connectivity index (χ1) is 8.58. The second kappa shape index (κ2) is 4.87. The highest BCUT2D eigenvalue weighted by Gasteiger charge is 2.10. The van der Waals surface area contributed by atoms with Crippen molar-refractivity contribution in [3.63, 3.8) is 0 Å². The molecule has 0 saturated heterocycles. The van der Waals surface area contributed by atoms with Crippen LogP contribution in [0, 0.1) is 13.8 Å². The summed E-state index contributed by atoms with van der Waals surface area (Å²) in [4.78, 5) is 15.2. The van der Waals surface area contributed by atoms with Crippen molar-refractivity contribution >= 4 is 5.91 Å². The highest BCUT2D eigenvalue weighted by molar-refractivity contribution is 5.95. The molecule has 1 aromatic carbocycles. The maximum atomic E-state index is 11.2. The van der Waals surface area contributed by atoms with Gasteiger partial charge < -0.3 is 10.5 Å². The van der Waals surface area contributed by atoms with Crippen molar-refractivity contribution in [1.29, 1.82) is 0 Å². The Morgan fingerprint density at radius 2 is 2.00 bits per heavy atom. The Bertz CT molecular complexity index is 594. The van der Waals surface area contributed by atoms with Gasteiger partial charge in [-0.15, -0.1) is 0 Å². The second-order valence-electron chi connectivity index (χ2n) is 4.08. The van der Waals surface area contributed by atoms with Gasteiger partial charge in [0.2, 0.25) is 0 Å². The lowest BCUT2D eigenvalue weighted by Gasteiger charge is -2.09. The molecule has 92 valence electrons. The number of nitrogens with zero attached hydrogens (tertiary/aromatic N) is 1. The smallest absolute Gasteiger partial charge is 0.252 e. The van der Waals surface area contributed by atoms with Crippen LogP contribution >= 0.6 is 0 Å². The first-order valence-electron chi connectivity index (χ1n) is 5.57. The van der Waals surface area contributed by atoms with Crippen molar-refractivity contribution in [1.82, 2.24) is 4.98 Å². The molecular formula is C14H14N2O2. The van der Waals surface area contributed by atoms with E-state index < -0.39 is 5.91 Å². The van der Waals surface area contributed by atoms with Crippen LogP contribution in [0.2, 0.25) is 0 Å². The average Bonchev–Trinajstić information content (AvgIpc) is 2.34. The Morgan fingerprint density at radius 3 is 2.67 bits per heavy atom. The number of pyridine rings is 1. The van der Waals surface area contributed by atoms with Gasteiger partial charge in [0.25, 0.3) is 5.91 Å². The summed E-state index contributed by atoms with van der Waals surface area (Å²) in [5, 5.41) is 0. The van der Waals surface area contributed by atoms with Crippen LogP contribution in [0.3, 0.4) is 0 Å². The third kappa shape index (κ3) is 2.48. The molecule has 0 aliphatic heterocycles. The van der Waals surface area contributed by atoms with Crippen molar-refractivity contribution < 1.29 is 9.53 Å². The van der Waals surface area contributed by atoms with Crippen LogP contribution in [0.1, 0.15) is 21.5 Å². The van der Waals surface area contributed by atoms with Gasteiger partial charge in [0.05, 0.1) is 11.8 Å². The van der Waals surface area contributed by atoms with Crippen LogP contribution in [-0.2, 0) is 0 Å². The number of carbonyl (C=O) groups excluding carboxylic acids is 1. The Hall–Kier alpha value is -2.36. The van der Waals surface area contributed by atoms with E-state index >= 15 is 0 Å². The van der Waals surface area contributed by atoms with Gasteiger partial charge in [0.1, 0.15) is 5.75 Å². The van der Waals surface area contributed by atoms with Gasteiger partial charge in [-0.05, 0) is 43.2 Å². The summed E-state index contributed by atoms with van der Waals surface area (Å²) in [6.07, 6.45) is 2.99. The third-order valence-corrected chi connectivity index (χ3v) is 2.76. The van der Waals surface area contributed by atoms with Crippen molar-refractivity contribution in [2.24, 2.45) is 5.73 Å². The molecule has 0 fully saturated rings. The van der Waals surface area contributed by atoms with E-state index in [2.05, 4.69) is 4.98 Å². The molecule has 0 unspecified atom stereocenters. The van der Waals surface area contributed by atoms with Gasteiger partial charge in [0.15, 0.2) is 5.75 Å². The number of carbonyl (C=O) groups is 1. The van der Waals surface area contributed by atoms with Crippen molar-refractivity contribution in [3.05, 3.63) is 53.3 Å². The third-order valence-electron chi connectivity index (χ3n) is 2.76. The zero-order valence-corrected chi connectivity index (χ0v) is 10.3. The average molecular weight is 242 g/mol. The lowest BCUT2D eigenvalue weighted by Crippen LogP contribution is -2.12. The maximum Gasteiger partial charge on any atom is 0.252 e. The molecule has 1 amide bonds. The number of hydrogen-bond acceptors (Lipinski definition) is 3. The lowest BCUT2D eigenvalue weighted by atomic mass is 10.1. The Balaban J connectivity index is 2.34. The van der Waals surface area contributed by atoms with Crippen molar-refractivity contribution in [2.45, 2.75) is 13.8 Å². The molecule has 0 radical (unpaired) electrons. The Kier molecular flexibility index (Phi) is 3.28. The van der Waals surface area contributed by atoms with E-state index in [9.17, 15) is 4.79 Å². The normalized spacial score (nSPS) is 10.1. The van der Waals surface area contributed by atoms with E-state index in [1.165, 1.54) is 18.0 Å². The van der Waals surface area contributed by atoms with Gasteiger partial charge in [0, 0.05) is 6.20 Å². The molecule has 1 aromatic heterocycles. The quantitative estimate of drug-likeness (QED) is 0.899.